The van der Waals surface area contributed by atoms with E-state index in [2.05, 4.69) is 15.5 Å². The number of nitrogens with zero attached hydrogens (tertiary/aromatic N) is 2. The van der Waals surface area contributed by atoms with E-state index >= 15 is 0 Å². The van der Waals surface area contributed by atoms with E-state index in [4.69, 9.17) is 0 Å². The first-order valence-corrected chi connectivity index (χ1v) is 7.50. The quantitative estimate of drug-likeness (QED) is 0.904. The van der Waals surface area contributed by atoms with E-state index in [9.17, 15) is 8.42 Å². The molecule has 0 aliphatic carbocycles. The van der Waals surface area contributed by atoms with E-state index in [0.29, 0.717) is 0 Å². The Kier molecular flexibility index (Phi) is 5.49. The van der Waals surface area contributed by atoms with Crippen LogP contribution in [0, 0.1) is 6.92 Å². The second-order valence-electron chi connectivity index (χ2n) is 4.44. The minimum Gasteiger partial charge on any atom is -0.313 e. The van der Waals surface area contributed by atoms with Gasteiger partial charge in [0.05, 0.1) is 11.4 Å². The van der Waals surface area contributed by atoms with Crippen LogP contribution in [0.4, 0.5) is 0 Å². The lowest BCUT2D eigenvalue weighted by molar-refractivity contribution is 0.423. The topological polar surface area (TPSA) is 72.0 Å². The van der Waals surface area contributed by atoms with Gasteiger partial charge in [-0.1, -0.05) is 6.42 Å². The Hall–Kier alpha value is -0.720. The Labute approximate surface area is 114 Å². The predicted octanol–water partition coefficient (Wildman–Crippen LogP) is 1.12. The highest BCUT2D eigenvalue weighted by Gasteiger charge is 2.23. The molecule has 0 amide bonds. The van der Waals surface area contributed by atoms with E-state index in [1.807, 2.05) is 0 Å². The highest BCUT2D eigenvalue weighted by atomic mass is 35.5. The molecular weight excluding hydrogens is 274 g/mol. The Bertz CT molecular complexity index is 470. The summed E-state index contributed by atoms with van der Waals surface area (Å²) in [5.41, 5.74) is 0.722. The van der Waals surface area contributed by atoms with Crippen LogP contribution in [0.2, 0.25) is 0 Å². The van der Waals surface area contributed by atoms with Crippen molar-refractivity contribution in [3.8, 4) is 0 Å². The van der Waals surface area contributed by atoms with Gasteiger partial charge in [0.2, 0.25) is 0 Å². The molecule has 1 aliphatic heterocycles. The number of hydrogen-bond donors (Lipinski definition) is 1. The van der Waals surface area contributed by atoms with Crippen molar-refractivity contribution in [3.63, 3.8) is 0 Å². The molecule has 1 unspecified atom stereocenters. The van der Waals surface area contributed by atoms with Gasteiger partial charge in [-0.2, -0.15) is 5.10 Å². The van der Waals surface area contributed by atoms with Crippen LogP contribution in [-0.2, 0) is 9.84 Å². The zero-order valence-electron chi connectivity index (χ0n) is 10.3. The van der Waals surface area contributed by atoms with Crippen molar-refractivity contribution in [3.05, 3.63) is 17.8 Å². The molecule has 0 aromatic carbocycles. The number of aryl methyl sites for hydroxylation is 1. The molecule has 1 atom stereocenters. The smallest absolute Gasteiger partial charge is 0.198 e. The maximum atomic E-state index is 12.1. The molecule has 2 heterocycles. The molecule has 1 saturated heterocycles. The van der Waals surface area contributed by atoms with Gasteiger partial charge in [0.15, 0.2) is 14.9 Å². The summed E-state index contributed by atoms with van der Waals surface area (Å²) >= 11 is 0. The second-order valence-corrected chi connectivity index (χ2v) is 6.42. The molecule has 0 saturated carbocycles. The van der Waals surface area contributed by atoms with E-state index < -0.39 is 9.84 Å². The van der Waals surface area contributed by atoms with Gasteiger partial charge in [-0.05, 0) is 38.4 Å². The monoisotopic (exact) mass is 291 g/mol. The van der Waals surface area contributed by atoms with E-state index in [1.165, 1.54) is 6.07 Å². The van der Waals surface area contributed by atoms with Gasteiger partial charge in [0.1, 0.15) is 0 Å². The average Bonchev–Trinajstić information content (AvgIpc) is 2.30. The summed E-state index contributed by atoms with van der Waals surface area (Å²) in [6.45, 7) is 2.69. The summed E-state index contributed by atoms with van der Waals surface area (Å²) < 4.78 is 24.1. The van der Waals surface area contributed by atoms with Crippen molar-refractivity contribution < 1.29 is 8.42 Å². The summed E-state index contributed by atoms with van der Waals surface area (Å²) in [6, 6.07) is 3.26. The number of aromatic nitrogens is 2. The van der Waals surface area contributed by atoms with Gasteiger partial charge in [0, 0.05) is 6.04 Å². The molecule has 1 aromatic rings. The fraction of sp³-hybridized carbons (Fsp3) is 0.636. The summed E-state index contributed by atoms with van der Waals surface area (Å²) in [6.07, 6.45) is 3.13. The van der Waals surface area contributed by atoms with Crippen LogP contribution in [0.1, 0.15) is 25.0 Å². The van der Waals surface area contributed by atoms with Gasteiger partial charge < -0.3 is 5.32 Å². The molecule has 0 spiro atoms. The molecule has 7 heteroatoms. The molecule has 102 valence electrons. The zero-order chi connectivity index (χ0) is 12.3. The van der Waals surface area contributed by atoms with E-state index in [1.54, 1.807) is 13.0 Å². The molecule has 1 aliphatic rings. The first kappa shape index (κ1) is 15.3. The minimum absolute atomic E-state index is 0. The van der Waals surface area contributed by atoms with Crippen LogP contribution in [0.5, 0.6) is 0 Å². The average molecular weight is 292 g/mol. The van der Waals surface area contributed by atoms with Crippen LogP contribution in [0.3, 0.4) is 0 Å². The molecule has 0 radical (unpaired) electrons. The molecule has 18 heavy (non-hydrogen) atoms. The third-order valence-electron chi connectivity index (χ3n) is 2.93. The molecular formula is C11H18ClN3O2S. The van der Waals surface area contributed by atoms with Crippen LogP contribution < -0.4 is 5.32 Å². The number of piperidine rings is 1. The highest BCUT2D eigenvalue weighted by Crippen LogP contribution is 2.13. The lowest BCUT2D eigenvalue weighted by atomic mass is 10.1. The maximum Gasteiger partial charge on any atom is 0.198 e. The van der Waals surface area contributed by atoms with E-state index in [0.717, 1.165) is 31.5 Å². The Morgan fingerprint density at radius 1 is 1.33 bits per heavy atom. The Balaban J connectivity index is 0.00000162. The van der Waals surface area contributed by atoms with Crippen LogP contribution in [-0.4, -0.2) is 37.0 Å². The van der Waals surface area contributed by atoms with E-state index in [-0.39, 0.29) is 29.2 Å². The van der Waals surface area contributed by atoms with Crippen LogP contribution in [0.15, 0.2) is 17.2 Å². The number of halogens is 1. The molecule has 1 aromatic heterocycles. The molecule has 2 rings (SSSR count). The number of sulfone groups is 1. The Morgan fingerprint density at radius 2 is 2.11 bits per heavy atom. The predicted molar refractivity (Wildman–Crippen MR) is 71.7 cm³/mol. The molecule has 1 N–H and O–H groups in total. The molecule has 5 nitrogen and oxygen atoms in total. The zero-order valence-corrected chi connectivity index (χ0v) is 11.9. The summed E-state index contributed by atoms with van der Waals surface area (Å²) in [4.78, 5) is 0. The fourth-order valence-corrected chi connectivity index (χ4v) is 3.39. The lowest BCUT2D eigenvalue weighted by Crippen LogP contribution is -2.39. The lowest BCUT2D eigenvalue weighted by Gasteiger charge is -2.22. The van der Waals surface area contributed by atoms with Gasteiger partial charge in [-0.25, -0.2) is 8.42 Å². The normalized spacial score (nSPS) is 20.2. The van der Waals surface area contributed by atoms with Gasteiger partial charge in [-0.3, -0.25) is 0 Å². The van der Waals surface area contributed by atoms with Crippen LogP contribution >= 0.6 is 12.4 Å². The fourth-order valence-electron chi connectivity index (χ4n) is 1.97. The standard InChI is InChI=1S/C11H17N3O2S.ClH/c1-9-5-6-11(14-13-9)17(15,16)8-10-4-2-3-7-12-10;/h5-6,10,12H,2-4,7-8H2,1H3;1H. The van der Waals surface area contributed by atoms with Crippen molar-refractivity contribution in [2.45, 2.75) is 37.3 Å². The summed E-state index contributed by atoms with van der Waals surface area (Å²) in [5.74, 6) is 0.116. The van der Waals surface area contributed by atoms with Gasteiger partial charge >= 0.3 is 0 Å². The summed E-state index contributed by atoms with van der Waals surface area (Å²) in [7, 11) is -3.31. The minimum atomic E-state index is -3.31. The first-order chi connectivity index (χ1) is 8.08. The number of hydrogen-bond acceptors (Lipinski definition) is 5. The van der Waals surface area contributed by atoms with Crippen molar-refractivity contribution in [2.24, 2.45) is 0 Å². The second kappa shape index (κ2) is 6.45. The van der Waals surface area contributed by atoms with Crippen LogP contribution in [0.25, 0.3) is 0 Å². The largest absolute Gasteiger partial charge is 0.313 e. The number of rotatable bonds is 3. The summed E-state index contributed by atoms with van der Waals surface area (Å²) in [5, 5.41) is 10.8. The van der Waals surface area contributed by atoms with Crippen molar-refractivity contribution in [1.82, 2.24) is 15.5 Å². The third kappa shape index (κ3) is 3.90. The highest BCUT2D eigenvalue weighted by molar-refractivity contribution is 7.91. The number of nitrogens with one attached hydrogen (secondary N) is 1. The maximum absolute atomic E-state index is 12.1. The Morgan fingerprint density at radius 3 is 2.67 bits per heavy atom. The third-order valence-corrected chi connectivity index (χ3v) is 4.62. The van der Waals surface area contributed by atoms with Crippen molar-refractivity contribution >= 4 is 22.2 Å². The molecule has 1 fully saturated rings. The SMILES string of the molecule is Cc1ccc(S(=O)(=O)CC2CCCCN2)nn1.Cl. The van der Waals surface area contributed by atoms with Gasteiger partial charge in [-0.15, -0.1) is 17.5 Å². The molecule has 0 bridgehead atoms. The van der Waals surface area contributed by atoms with Gasteiger partial charge in [0.25, 0.3) is 0 Å². The first-order valence-electron chi connectivity index (χ1n) is 5.84. The van der Waals surface area contributed by atoms with Crippen molar-refractivity contribution in [2.75, 3.05) is 12.3 Å². The van der Waals surface area contributed by atoms with Crippen molar-refractivity contribution in [1.29, 1.82) is 0 Å².